The summed E-state index contributed by atoms with van der Waals surface area (Å²) in [4.78, 5) is 2.45. The second-order valence-corrected chi connectivity index (χ2v) is 13.3. The number of para-hydroxylation sites is 2. The Morgan fingerprint density at radius 1 is 0.226 bits per heavy atom. The molecule has 0 amide bonds. The maximum atomic E-state index is 2.45. The molecule has 0 aliphatic carbocycles. The van der Waals surface area contributed by atoms with Crippen LogP contribution in [-0.4, -0.2) is 0 Å². The fourth-order valence-electron chi connectivity index (χ4n) is 7.55. The maximum Gasteiger partial charge on any atom is 0.0540 e. The topological polar surface area (TPSA) is 3.24 Å². The van der Waals surface area contributed by atoms with Crippen molar-refractivity contribution in [2.45, 2.75) is 0 Å². The fourth-order valence-corrected chi connectivity index (χ4v) is 7.55. The van der Waals surface area contributed by atoms with Crippen LogP contribution in [0.1, 0.15) is 0 Å². The lowest BCUT2D eigenvalue weighted by Crippen LogP contribution is -2.12. The first-order valence-electron chi connectivity index (χ1n) is 18.2. The van der Waals surface area contributed by atoms with Crippen molar-refractivity contribution in [1.29, 1.82) is 0 Å². The van der Waals surface area contributed by atoms with E-state index in [9.17, 15) is 0 Å². The van der Waals surface area contributed by atoms with Crippen molar-refractivity contribution in [3.8, 4) is 55.6 Å². The molecule has 0 atom stereocenters. The Labute approximate surface area is 311 Å². The van der Waals surface area contributed by atoms with Crippen LogP contribution in [0, 0.1) is 0 Å². The zero-order chi connectivity index (χ0) is 35.4. The van der Waals surface area contributed by atoms with Crippen LogP contribution in [0.2, 0.25) is 0 Å². The minimum Gasteiger partial charge on any atom is -0.309 e. The highest BCUT2D eigenvalue weighted by atomic mass is 15.1. The van der Waals surface area contributed by atoms with Gasteiger partial charge < -0.3 is 4.90 Å². The van der Waals surface area contributed by atoms with Crippen LogP contribution in [0.3, 0.4) is 0 Å². The van der Waals surface area contributed by atoms with Gasteiger partial charge in [-0.1, -0.05) is 200 Å². The first-order chi connectivity index (χ1) is 26.3. The smallest absolute Gasteiger partial charge is 0.0540 e. The van der Waals surface area contributed by atoms with Crippen LogP contribution in [0.4, 0.5) is 17.1 Å². The predicted octanol–water partition coefficient (Wildman–Crippen LogP) is 14.6. The van der Waals surface area contributed by atoms with Gasteiger partial charge in [0.25, 0.3) is 0 Å². The van der Waals surface area contributed by atoms with Gasteiger partial charge in [0.15, 0.2) is 0 Å². The third kappa shape index (κ3) is 6.30. The van der Waals surface area contributed by atoms with Gasteiger partial charge >= 0.3 is 0 Å². The standard InChI is InChI=1S/C52H37N/c1-3-17-38(18-4-1)40-31-33-42(34-32-40)46-24-13-15-29-51(46)53(44-36-35-39-19-7-8-22-43(39)37-44)52-30-16-14-28-50(52)49-27-12-11-26-48(49)47-25-10-9-23-45(47)41-20-5-2-6-21-41/h1-37H. The SMILES string of the molecule is c1ccc(-c2ccc(-c3ccccc3N(c3ccc4ccccc4c3)c3ccccc3-c3ccccc3-c3ccccc3-c3ccccc3)cc2)cc1. The van der Waals surface area contributed by atoms with E-state index >= 15 is 0 Å². The predicted molar refractivity (Wildman–Crippen MR) is 226 cm³/mol. The van der Waals surface area contributed by atoms with Gasteiger partial charge in [-0.3, -0.25) is 0 Å². The van der Waals surface area contributed by atoms with Crippen LogP contribution in [0.25, 0.3) is 66.4 Å². The number of hydrogen-bond acceptors (Lipinski definition) is 1. The van der Waals surface area contributed by atoms with E-state index in [-0.39, 0.29) is 0 Å². The van der Waals surface area contributed by atoms with Gasteiger partial charge in [0.2, 0.25) is 0 Å². The molecule has 1 nitrogen and oxygen atoms in total. The van der Waals surface area contributed by atoms with Gasteiger partial charge in [-0.05, 0) is 79.5 Å². The molecule has 0 bridgehead atoms. The quantitative estimate of drug-likeness (QED) is 0.155. The molecule has 0 saturated heterocycles. The first-order valence-corrected chi connectivity index (χ1v) is 18.2. The molecule has 53 heavy (non-hydrogen) atoms. The van der Waals surface area contributed by atoms with Crippen LogP contribution in [0.15, 0.2) is 224 Å². The fraction of sp³-hybridized carbons (Fsp3) is 0. The summed E-state index contributed by atoms with van der Waals surface area (Å²) in [6.07, 6.45) is 0. The summed E-state index contributed by atoms with van der Waals surface area (Å²) in [5, 5.41) is 2.42. The van der Waals surface area contributed by atoms with Crippen molar-refractivity contribution in [2.75, 3.05) is 4.90 Å². The van der Waals surface area contributed by atoms with E-state index in [4.69, 9.17) is 0 Å². The monoisotopic (exact) mass is 675 g/mol. The van der Waals surface area contributed by atoms with Crippen molar-refractivity contribution in [1.82, 2.24) is 0 Å². The highest BCUT2D eigenvalue weighted by Crippen LogP contribution is 2.47. The maximum absolute atomic E-state index is 2.45. The number of rotatable bonds is 8. The Bertz CT molecular complexity index is 2660. The number of hydrogen-bond donors (Lipinski definition) is 0. The number of nitrogens with zero attached hydrogens (tertiary/aromatic N) is 1. The number of benzene rings is 9. The average Bonchev–Trinajstić information content (AvgIpc) is 3.25. The molecule has 0 aliphatic rings. The van der Waals surface area contributed by atoms with Crippen molar-refractivity contribution in [3.05, 3.63) is 224 Å². The van der Waals surface area contributed by atoms with E-state index in [1.54, 1.807) is 0 Å². The lowest BCUT2D eigenvalue weighted by atomic mass is 9.88. The molecule has 0 spiro atoms. The number of anilines is 3. The molecule has 1 heteroatoms. The van der Waals surface area contributed by atoms with Crippen molar-refractivity contribution in [2.24, 2.45) is 0 Å². The summed E-state index contributed by atoms with van der Waals surface area (Å²) < 4.78 is 0. The van der Waals surface area contributed by atoms with E-state index in [0.717, 1.165) is 28.2 Å². The highest BCUT2D eigenvalue weighted by molar-refractivity contribution is 6.00. The molecule has 0 N–H and O–H groups in total. The zero-order valence-electron chi connectivity index (χ0n) is 29.3. The first kappa shape index (κ1) is 32.0. The van der Waals surface area contributed by atoms with Gasteiger partial charge in [-0.2, -0.15) is 0 Å². The summed E-state index contributed by atoms with van der Waals surface area (Å²) in [6.45, 7) is 0. The Balaban J connectivity index is 1.25. The van der Waals surface area contributed by atoms with E-state index < -0.39 is 0 Å². The molecular weight excluding hydrogens is 639 g/mol. The van der Waals surface area contributed by atoms with E-state index in [1.165, 1.54) is 55.3 Å². The summed E-state index contributed by atoms with van der Waals surface area (Å²) in [7, 11) is 0. The van der Waals surface area contributed by atoms with Gasteiger partial charge in [-0.25, -0.2) is 0 Å². The molecular formula is C52H37N. The minimum absolute atomic E-state index is 1.10. The second kappa shape index (κ2) is 14.3. The largest absolute Gasteiger partial charge is 0.309 e. The van der Waals surface area contributed by atoms with Gasteiger partial charge in [0.05, 0.1) is 11.4 Å². The summed E-state index contributed by atoms with van der Waals surface area (Å²) in [6, 6.07) is 80.9. The molecule has 0 aromatic heterocycles. The Hall–Kier alpha value is -6.96. The van der Waals surface area contributed by atoms with E-state index in [2.05, 4.69) is 229 Å². The molecule has 9 rings (SSSR count). The Morgan fingerprint density at radius 3 is 1.28 bits per heavy atom. The lowest BCUT2D eigenvalue weighted by Gasteiger charge is -2.30. The molecule has 9 aromatic rings. The summed E-state index contributed by atoms with van der Waals surface area (Å²) in [5.74, 6) is 0. The van der Waals surface area contributed by atoms with Crippen LogP contribution < -0.4 is 4.90 Å². The third-order valence-corrected chi connectivity index (χ3v) is 10.1. The van der Waals surface area contributed by atoms with E-state index in [0.29, 0.717) is 0 Å². The van der Waals surface area contributed by atoms with Gasteiger partial charge in [0, 0.05) is 16.8 Å². The molecule has 0 aliphatic heterocycles. The zero-order valence-corrected chi connectivity index (χ0v) is 29.3. The molecule has 0 fully saturated rings. The van der Waals surface area contributed by atoms with Crippen LogP contribution in [0.5, 0.6) is 0 Å². The third-order valence-electron chi connectivity index (χ3n) is 10.1. The second-order valence-electron chi connectivity index (χ2n) is 13.3. The Morgan fingerprint density at radius 2 is 0.623 bits per heavy atom. The average molecular weight is 676 g/mol. The van der Waals surface area contributed by atoms with Crippen LogP contribution >= 0.6 is 0 Å². The minimum atomic E-state index is 1.10. The molecule has 0 unspecified atom stereocenters. The van der Waals surface area contributed by atoms with E-state index in [1.807, 2.05) is 0 Å². The molecule has 0 saturated carbocycles. The van der Waals surface area contributed by atoms with Crippen molar-refractivity contribution in [3.63, 3.8) is 0 Å². The highest BCUT2D eigenvalue weighted by Gasteiger charge is 2.22. The van der Waals surface area contributed by atoms with Gasteiger partial charge in [-0.15, -0.1) is 0 Å². The Kier molecular flexibility index (Phi) is 8.66. The lowest BCUT2D eigenvalue weighted by molar-refractivity contribution is 1.29. The summed E-state index contributed by atoms with van der Waals surface area (Å²) >= 11 is 0. The molecule has 0 radical (unpaired) electrons. The van der Waals surface area contributed by atoms with Gasteiger partial charge in [0.1, 0.15) is 0 Å². The molecule has 250 valence electrons. The molecule has 9 aromatic carbocycles. The van der Waals surface area contributed by atoms with Crippen molar-refractivity contribution < 1.29 is 0 Å². The summed E-state index contributed by atoms with van der Waals surface area (Å²) in [5.41, 5.74) is 15.3. The number of fused-ring (bicyclic) bond motifs is 1. The normalized spacial score (nSPS) is 11.0. The van der Waals surface area contributed by atoms with Crippen LogP contribution in [-0.2, 0) is 0 Å². The molecule has 0 heterocycles. The van der Waals surface area contributed by atoms with Crippen molar-refractivity contribution >= 4 is 27.8 Å².